The van der Waals surface area contributed by atoms with Crippen LogP contribution in [0.25, 0.3) is 0 Å². The number of nitrogens with zero attached hydrogens (tertiary/aromatic N) is 2. The van der Waals surface area contributed by atoms with Crippen LogP contribution in [0.2, 0.25) is 0 Å². The van der Waals surface area contributed by atoms with E-state index in [0.29, 0.717) is 13.1 Å². The summed E-state index contributed by atoms with van der Waals surface area (Å²) in [5, 5.41) is -1.04. The summed E-state index contributed by atoms with van der Waals surface area (Å²) in [5.74, 6) is -0.886. The minimum atomic E-state index is -0.522. The molecule has 0 aromatic carbocycles. The molecule has 2 fully saturated rings. The van der Waals surface area contributed by atoms with Crippen LogP contribution in [0.1, 0.15) is 26.7 Å². The molecule has 104 valence electrons. The standard InChI is InChI=1S/C12H16N2O4S/c1-3-13-9(15)5-7(11(13)17)19-8-6-10(16)14(4-2)12(8)18/h7-8H,3-6H2,1-2H3/t7-,8-/m0/s1. The molecule has 2 atom stereocenters. The molecule has 4 amide bonds. The number of thioether (sulfide) groups is 1. The summed E-state index contributed by atoms with van der Waals surface area (Å²) in [5.41, 5.74) is 0. The molecule has 0 N–H and O–H groups in total. The van der Waals surface area contributed by atoms with Crippen molar-refractivity contribution in [3.63, 3.8) is 0 Å². The van der Waals surface area contributed by atoms with Gasteiger partial charge in [-0.2, -0.15) is 0 Å². The van der Waals surface area contributed by atoms with E-state index in [1.54, 1.807) is 13.8 Å². The lowest BCUT2D eigenvalue weighted by Crippen LogP contribution is -2.33. The molecular weight excluding hydrogens is 268 g/mol. The Labute approximate surface area is 115 Å². The van der Waals surface area contributed by atoms with Crippen molar-refractivity contribution in [3.8, 4) is 0 Å². The van der Waals surface area contributed by atoms with Crippen LogP contribution in [0.15, 0.2) is 0 Å². The molecule has 0 spiro atoms. The van der Waals surface area contributed by atoms with E-state index in [4.69, 9.17) is 0 Å². The second-order valence-corrected chi connectivity index (χ2v) is 5.88. The van der Waals surface area contributed by atoms with Crippen molar-refractivity contribution in [1.29, 1.82) is 0 Å². The summed E-state index contributed by atoms with van der Waals surface area (Å²) in [6.07, 6.45) is 0.253. The van der Waals surface area contributed by atoms with Crippen LogP contribution in [-0.2, 0) is 19.2 Å². The van der Waals surface area contributed by atoms with Crippen LogP contribution in [-0.4, -0.2) is 57.0 Å². The molecule has 2 heterocycles. The highest BCUT2D eigenvalue weighted by molar-refractivity contribution is 8.02. The number of amides is 4. The second kappa shape index (κ2) is 5.32. The van der Waals surface area contributed by atoms with E-state index in [9.17, 15) is 19.2 Å². The zero-order valence-corrected chi connectivity index (χ0v) is 11.7. The average Bonchev–Trinajstić information content (AvgIpc) is 2.78. The van der Waals surface area contributed by atoms with Crippen molar-refractivity contribution in [3.05, 3.63) is 0 Å². The van der Waals surface area contributed by atoms with Gasteiger partial charge in [0.05, 0.1) is 10.5 Å². The van der Waals surface area contributed by atoms with E-state index in [-0.39, 0.29) is 36.5 Å². The topological polar surface area (TPSA) is 74.8 Å². The highest BCUT2D eigenvalue weighted by Crippen LogP contribution is 2.33. The van der Waals surface area contributed by atoms with E-state index in [1.807, 2.05) is 0 Å². The molecule has 0 unspecified atom stereocenters. The van der Waals surface area contributed by atoms with Crippen molar-refractivity contribution in [1.82, 2.24) is 9.80 Å². The van der Waals surface area contributed by atoms with Gasteiger partial charge in [0, 0.05) is 25.9 Å². The Morgan fingerprint density at radius 2 is 1.26 bits per heavy atom. The zero-order valence-electron chi connectivity index (χ0n) is 10.9. The fraction of sp³-hybridized carbons (Fsp3) is 0.667. The molecule has 6 nitrogen and oxygen atoms in total. The summed E-state index contributed by atoms with van der Waals surface area (Å²) in [7, 11) is 0. The molecule has 0 bridgehead atoms. The number of hydrogen-bond donors (Lipinski definition) is 0. The summed E-state index contributed by atoms with van der Waals surface area (Å²) in [6, 6.07) is 0. The van der Waals surface area contributed by atoms with Gasteiger partial charge < -0.3 is 0 Å². The van der Waals surface area contributed by atoms with Crippen molar-refractivity contribution in [2.24, 2.45) is 0 Å². The van der Waals surface area contributed by atoms with Gasteiger partial charge in [0.2, 0.25) is 23.6 Å². The molecule has 0 aliphatic carbocycles. The fourth-order valence-electron chi connectivity index (χ4n) is 2.38. The van der Waals surface area contributed by atoms with Gasteiger partial charge >= 0.3 is 0 Å². The van der Waals surface area contributed by atoms with Crippen molar-refractivity contribution < 1.29 is 19.2 Å². The first kappa shape index (κ1) is 14.0. The molecule has 2 aliphatic heterocycles. The zero-order chi connectivity index (χ0) is 14.2. The molecule has 0 saturated carbocycles. The Hall–Kier alpha value is -1.37. The van der Waals surface area contributed by atoms with Crippen LogP contribution in [0, 0.1) is 0 Å². The van der Waals surface area contributed by atoms with E-state index in [1.165, 1.54) is 9.80 Å². The van der Waals surface area contributed by atoms with Gasteiger partial charge in [-0.1, -0.05) is 0 Å². The number of rotatable bonds is 4. The minimum absolute atomic E-state index is 0.126. The highest BCUT2D eigenvalue weighted by Gasteiger charge is 2.44. The Kier molecular flexibility index (Phi) is 3.93. The van der Waals surface area contributed by atoms with Crippen LogP contribution in [0.3, 0.4) is 0 Å². The summed E-state index contributed by atoms with van der Waals surface area (Å²) in [4.78, 5) is 49.5. The minimum Gasteiger partial charge on any atom is -0.282 e. The van der Waals surface area contributed by atoms with Crippen molar-refractivity contribution >= 4 is 35.4 Å². The number of likely N-dealkylation sites (tertiary alicyclic amines) is 2. The maximum absolute atomic E-state index is 11.9. The molecule has 19 heavy (non-hydrogen) atoms. The van der Waals surface area contributed by atoms with Crippen LogP contribution in [0.5, 0.6) is 0 Å². The summed E-state index contributed by atoms with van der Waals surface area (Å²) in [6.45, 7) is 4.19. The van der Waals surface area contributed by atoms with E-state index >= 15 is 0 Å². The van der Waals surface area contributed by atoms with Gasteiger partial charge in [0.15, 0.2) is 0 Å². The van der Waals surface area contributed by atoms with Crippen LogP contribution in [0.4, 0.5) is 0 Å². The van der Waals surface area contributed by atoms with Gasteiger partial charge in [0.25, 0.3) is 0 Å². The largest absolute Gasteiger partial charge is 0.282 e. The fourth-order valence-corrected chi connectivity index (χ4v) is 3.74. The monoisotopic (exact) mass is 284 g/mol. The predicted molar refractivity (Wildman–Crippen MR) is 69.2 cm³/mol. The predicted octanol–water partition coefficient (Wildman–Crippen LogP) is 0.0144. The highest BCUT2D eigenvalue weighted by atomic mass is 32.2. The Morgan fingerprint density at radius 3 is 1.53 bits per heavy atom. The third-order valence-corrected chi connectivity index (χ3v) is 4.76. The van der Waals surface area contributed by atoms with E-state index < -0.39 is 10.5 Å². The SMILES string of the molecule is CCN1C(=O)C[C@H](S[C@H]2CC(=O)N(CC)C2=O)C1=O. The normalized spacial score (nSPS) is 27.9. The average molecular weight is 284 g/mol. The van der Waals surface area contributed by atoms with E-state index in [0.717, 1.165) is 11.8 Å². The Morgan fingerprint density at radius 1 is 0.895 bits per heavy atom. The maximum Gasteiger partial charge on any atom is 0.242 e. The van der Waals surface area contributed by atoms with Crippen molar-refractivity contribution in [2.75, 3.05) is 13.1 Å². The lowest BCUT2D eigenvalue weighted by Gasteiger charge is -2.14. The third kappa shape index (κ3) is 2.39. The molecule has 2 rings (SSSR count). The number of hydrogen-bond acceptors (Lipinski definition) is 5. The van der Waals surface area contributed by atoms with Gasteiger partial charge in [-0.3, -0.25) is 29.0 Å². The summed E-state index contributed by atoms with van der Waals surface area (Å²) < 4.78 is 0. The smallest absolute Gasteiger partial charge is 0.242 e. The third-order valence-electron chi connectivity index (χ3n) is 3.37. The first-order valence-electron chi connectivity index (χ1n) is 6.33. The van der Waals surface area contributed by atoms with Gasteiger partial charge in [-0.15, -0.1) is 11.8 Å². The Bertz CT molecular complexity index is 411. The number of carbonyl (C=O) groups is 4. The molecule has 0 aromatic rings. The van der Waals surface area contributed by atoms with Gasteiger partial charge in [-0.25, -0.2) is 0 Å². The Balaban J connectivity index is 2.04. The molecule has 2 saturated heterocycles. The number of imide groups is 2. The molecule has 0 aromatic heterocycles. The molecular formula is C12H16N2O4S. The van der Waals surface area contributed by atoms with Gasteiger partial charge in [-0.05, 0) is 13.8 Å². The lowest BCUT2D eigenvalue weighted by molar-refractivity contribution is -0.139. The lowest BCUT2D eigenvalue weighted by atomic mass is 10.3. The first-order valence-corrected chi connectivity index (χ1v) is 7.27. The first-order chi connectivity index (χ1) is 8.99. The molecule has 0 radical (unpaired) electrons. The number of carbonyl (C=O) groups excluding carboxylic acids is 4. The maximum atomic E-state index is 11.9. The molecule has 7 heteroatoms. The van der Waals surface area contributed by atoms with Crippen LogP contribution < -0.4 is 0 Å². The second-order valence-electron chi connectivity index (χ2n) is 4.47. The molecule has 2 aliphatic rings. The quantitative estimate of drug-likeness (QED) is 0.680. The summed E-state index contributed by atoms with van der Waals surface area (Å²) >= 11 is 1.15. The van der Waals surface area contributed by atoms with Gasteiger partial charge in [0.1, 0.15) is 0 Å². The van der Waals surface area contributed by atoms with E-state index in [2.05, 4.69) is 0 Å². The van der Waals surface area contributed by atoms with Crippen molar-refractivity contribution in [2.45, 2.75) is 37.2 Å². The van der Waals surface area contributed by atoms with Crippen LogP contribution >= 0.6 is 11.8 Å².